The van der Waals surface area contributed by atoms with E-state index in [2.05, 4.69) is 16.9 Å². The van der Waals surface area contributed by atoms with Gasteiger partial charge < -0.3 is 5.11 Å². The van der Waals surface area contributed by atoms with Gasteiger partial charge in [0.25, 0.3) is 0 Å². The fourth-order valence-electron chi connectivity index (χ4n) is 2.26. The molecule has 0 amide bonds. The topological polar surface area (TPSA) is 41.3 Å². The number of rotatable bonds is 5. The lowest BCUT2D eigenvalue weighted by molar-refractivity contribution is 0.217. The summed E-state index contributed by atoms with van der Waals surface area (Å²) in [5.74, 6) is 0. The first-order valence-corrected chi connectivity index (χ1v) is 7.01. The van der Waals surface area contributed by atoms with Crippen LogP contribution in [0.3, 0.4) is 0 Å². The van der Waals surface area contributed by atoms with Gasteiger partial charge in [-0.15, -0.1) is 0 Å². The zero-order valence-corrected chi connectivity index (χ0v) is 12.9. The molecule has 1 N–H and O–H groups in total. The van der Waals surface area contributed by atoms with E-state index in [-0.39, 0.29) is 6.61 Å². The van der Waals surface area contributed by atoms with Crippen LogP contribution in [0.25, 0.3) is 5.69 Å². The van der Waals surface area contributed by atoms with E-state index in [0.717, 1.165) is 28.6 Å². The molecule has 0 aliphatic heterocycles. The molecule has 0 bridgehead atoms. The molecule has 4 nitrogen and oxygen atoms in total. The van der Waals surface area contributed by atoms with Crippen LogP contribution in [0.5, 0.6) is 0 Å². The lowest BCUT2D eigenvalue weighted by Crippen LogP contribution is -2.22. The zero-order valence-electron chi connectivity index (χ0n) is 12.1. The molecule has 0 unspecified atom stereocenters. The first-order valence-electron chi connectivity index (χ1n) is 6.63. The van der Waals surface area contributed by atoms with E-state index < -0.39 is 0 Å². The number of likely N-dealkylation sites (N-methyl/N-ethyl adjacent to an activating group) is 1. The summed E-state index contributed by atoms with van der Waals surface area (Å²) in [6.45, 7) is 5.69. The monoisotopic (exact) mass is 293 g/mol. The molecule has 2 rings (SSSR count). The Hall–Kier alpha value is -1.36. The average Bonchev–Trinajstić information content (AvgIpc) is 2.68. The molecule has 0 saturated carbocycles. The highest BCUT2D eigenvalue weighted by molar-refractivity contribution is 6.30. The molecule has 0 aliphatic carbocycles. The maximum absolute atomic E-state index is 8.99. The number of hydrogen-bond acceptors (Lipinski definition) is 3. The van der Waals surface area contributed by atoms with E-state index >= 15 is 0 Å². The maximum atomic E-state index is 8.99. The Morgan fingerprint density at radius 1 is 1.25 bits per heavy atom. The second kappa shape index (κ2) is 6.39. The van der Waals surface area contributed by atoms with Crippen LogP contribution in [0.1, 0.15) is 17.0 Å². The Morgan fingerprint density at radius 3 is 2.50 bits per heavy atom. The van der Waals surface area contributed by atoms with Gasteiger partial charge in [-0.3, -0.25) is 4.90 Å². The van der Waals surface area contributed by atoms with Crippen molar-refractivity contribution in [3.05, 3.63) is 46.2 Å². The van der Waals surface area contributed by atoms with Crippen molar-refractivity contribution < 1.29 is 5.11 Å². The highest BCUT2D eigenvalue weighted by Gasteiger charge is 2.14. The molecule has 0 saturated heterocycles. The molecule has 1 aromatic carbocycles. The van der Waals surface area contributed by atoms with E-state index in [1.54, 1.807) is 0 Å². The van der Waals surface area contributed by atoms with Gasteiger partial charge in [0.1, 0.15) is 0 Å². The molecule has 20 heavy (non-hydrogen) atoms. The van der Waals surface area contributed by atoms with Gasteiger partial charge in [-0.2, -0.15) is 5.10 Å². The van der Waals surface area contributed by atoms with Crippen molar-refractivity contribution in [2.75, 3.05) is 20.2 Å². The van der Waals surface area contributed by atoms with Gasteiger partial charge in [-0.05, 0) is 45.2 Å². The van der Waals surface area contributed by atoms with Crippen molar-refractivity contribution in [1.29, 1.82) is 0 Å². The summed E-state index contributed by atoms with van der Waals surface area (Å²) in [4.78, 5) is 2.09. The second-order valence-corrected chi connectivity index (χ2v) is 5.44. The summed E-state index contributed by atoms with van der Waals surface area (Å²) in [5, 5.41) is 14.3. The Bertz CT molecular complexity index is 578. The number of aliphatic hydroxyl groups excluding tert-OH is 1. The van der Waals surface area contributed by atoms with Crippen LogP contribution in [0.15, 0.2) is 24.3 Å². The second-order valence-electron chi connectivity index (χ2n) is 5.00. The van der Waals surface area contributed by atoms with Crippen molar-refractivity contribution in [3.8, 4) is 5.69 Å². The Balaban J connectivity index is 2.31. The maximum Gasteiger partial charge on any atom is 0.0649 e. The number of aryl methyl sites for hydroxylation is 1. The minimum Gasteiger partial charge on any atom is -0.395 e. The molecule has 0 spiro atoms. The van der Waals surface area contributed by atoms with Crippen LogP contribution in [-0.4, -0.2) is 40.0 Å². The van der Waals surface area contributed by atoms with Crippen molar-refractivity contribution in [2.45, 2.75) is 20.4 Å². The lowest BCUT2D eigenvalue weighted by atomic mass is 10.2. The quantitative estimate of drug-likeness (QED) is 0.921. The van der Waals surface area contributed by atoms with Crippen molar-refractivity contribution in [3.63, 3.8) is 0 Å². The van der Waals surface area contributed by atoms with E-state index in [1.165, 1.54) is 5.56 Å². The van der Waals surface area contributed by atoms with Crippen molar-refractivity contribution >= 4 is 11.6 Å². The summed E-state index contributed by atoms with van der Waals surface area (Å²) < 4.78 is 1.94. The third kappa shape index (κ3) is 3.20. The molecular weight excluding hydrogens is 274 g/mol. The van der Waals surface area contributed by atoms with E-state index in [1.807, 2.05) is 42.9 Å². The summed E-state index contributed by atoms with van der Waals surface area (Å²) in [6, 6.07) is 7.65. The number of nitrogens with zero attached hydrogens (tertiary/aromatic N) is 3. The predicted molar refractivity (Wildman–Crippen MR) is 81.5 cm³/mol. The summed E-state index contributed by atoms with van der Waals surface area (Å²) >= 11 is 5.92. The summed E-state index contributed by atoms with van der Waals surface area (Å²) in [6.07, 6.45) is 0. The van der Waals surface area contributed by atoms with Crippen molar-refractivity contribution in [2.24, 2.45) is 0 Å². The van der Waals surface area contributed by atoms with Gasteiger partial charge >= 0.3 is 0 Å². The molecule has 5 heteroatoms. The van der Waals surface area contributed by atoms with Crippen LogP contribution >= 0.6 is 11.6 Å². The number of hydrogen-bond donors (Lipinski definition) is 1. The Kier molecular flexibility index (Phi) is 4.81. The highest BCUT2D eigenvalue weighted by Crippen LogP contribution is 2.20. The molecule has 0 radical (unpaired) electrons. The molecular formula is C15H20ClN3O. The normalized spacial score (nSPS) is 11.3. The van der Waals surface area contributed by atoms with Gasteiger partial charge in [0.05, 0.1) is 18.0 Å². The molecule has 0 atom stereocenters. The van der Waals surface area contributed by atoms with Crippen LogP contribution in [0, 0.1) is 13.8 Å². The van der Waals surface area contributed by atoms with Crippen LogP contribution in [0.4, 0.5) is 0 Å². The summed E-state index contributed by atoms with van der Waals surface area (Å²) in [5.41, 5.74) is 4.35. The minimum absolute atomic E-state index is 0.167. The van der Waals surface area contributed by atoms with Gasteiger partial charge in [0.2, 0.25) is 0 Å². The minimum atomic E-state index is 0.167. The molecule has 0 aliphatic rings. The van der Waals surface area contributed by atoms with Crippen LogP contribution in [0.2, 0.25) is 5.02 Å². The number of benzene rings is 1. The number of aliphatic hydroxyl groups is 1. The van der Waals surface area contributed by atoms with Gasteiger partial charge in [0, 0.05) is 29.4 Å². The fourth-order valence-corrected chi connectivity index (χ4v) is 2.38. The van der Waals surface area contributed by atoms with E-state index in [4.69, 9.17) is 16.7 Å². The van der Waals surface area contributed by atoms with E-state index in [0.29, 0.717) is 6.54 Å². The molecule has 1 aromatic heterocycles. The summed E-state index contributed by atoms with van der Waals surface area (Å²) in [7, 11) is 1.99. The van der Waals surface area contributed by atoms with Crippen molar-refractivity contribution in [1.82, 2.24) is 14.7 Å². The smallest absolute Gasteiger partial charge is 0.0649 e. The molecule has 108 valence electrons. The predicted octanol–water partition coefficient (Wildman–Crippen LogP) is 2.57. The van der Waals surface area contributed by atoms with Gasteiger partial charge in [-0.1, -0.05) is 11.6 Å². The SMILES string of the molecule is Cc1nn(-c2ccc(Cl)cc2)c(C)c1CN(C)CCO. The number of halogens is 1. The molecule has 2 aromatic rings. The highest BCUT2D eigenvalue weighted by atomic mass is 35.5. The largest absolute Gasteiger partial charge is 0.395 e. The first kappa shape index (κ1) is 15.0. The molecule has 1 heterocycles. The van der Waals surface area contributed by atoms with Crippen LogP contribution < -0.4 is 0 Å². The van der Waals surface area contributed by atoms with Gasteiger partial charge in [-0.25, -0.2) is 4.68 Å². The van der Waals surface area contributed by atoms with Crippen LogP contribution in [-0.2, 0) is 6.54 Å². The first-order chi connectivity index (χ1) is 9.52. The fraction of sp³-hybridized carbons (Fsp3) is 0.400. The number of aromatic nitrogens is 2. The van der Waals surface area contributed by atoms with E-state index in [9.17, 15) is 0 Å². The third-order valence-corrected chi connectivity index (χ3v) is 3.67. The standard InChI is InChI=1S/C15H20ClN3O/c1-11-15(10-18(3)8-9-20)12(2)19(17-11)14-6-4-13(16)5-7-14/h4-7,20H,8-10H2,1-3H3. The molecule has 0 fully saturated rings. The van der Waals surface area contributed by atoms with Gasteiger partial charge in [0.15, 0.2) is 0 Å². The Labute approximate surface area is 124 Å². The lowest BCUT2D eigenvalue weighted by Gasteiger charge is -2.15. The average molecular weight is 294 g/mol. The zero-order chi connectivity index (χ0) is 14.7. The Morgan fingerprint density at radius 2 is 1.90 bits per heavy atom. The third-order valence-electron chi connectivity index (χ3n) is 3.42.